The predicted molar refractivity (Wildman–Crippen MR) is 61.2 cm³/mol. The highest BCUT2D eigenvalue weighted by Crippen LogP contribution is 2.33. The zero-order valence-corrected chi connectivity index (χ0v) is 10.0. The summed E-state index contributed by atoms with van der Waals surface area (Å²) in [6, 6.07) is 5.05. The molecule has 0 spiro atoms. The summed E-state index contributed by atoms with van der Waals surface area (Å²) in [6.07, 6.45) is 0. The largest absolute Gasteiger partial charge is 0.442 e. The molecule has 78 valence electrons. The number of aryl methyl sites for hydroxylation is 1. The summed E-state index contributed by atoms with van der Waals surface area (Å²) >= 11 is 12.9. The third-order valence-electron chi connectivity index (χ3n) is 1.71. The third-order valence-corrected chi connectivity index (χ3v) is 2.94. The van der Waals surface area contributed by atoms with Gasteiger partial charge < -0.3 is 4.74 Å². The fraction of sp³-hybridized carbons (Fsp3) is 0.111. The molecule has 1 aromatic heterocycles. The number of aromatic nitrogens is 2. The molecule has 0 atom stereocenters. The van der Waals surface area contributed by atoms with Crippen LogP contribution in [0.1, 0.15) is 5.69 Å². The van der Waals surface area contributed by atoms with Crippen LogP contribution in [0.25, 0.3) is 0 Å². The predicted octanol–water partition coefficient (Wildman–Crippen LogP) is 3.95. The molecule has 0 amide bonds. The summed E-state index contributed by atoms with van der Waals surface area (Å²) < 4.78 is 9.30. The monoisotopic (exact) mass is 260 g/mol. The SMILES string of the molecule is Cc1nnsc1Oc1ccc(Cl)cc1Cl. The molecule has 6 heteroatoms. The van der Waals surface area contributed by atoms with Crippen molar-refractivity contribution >= 4 is 34.7 Å². The first-order valence-electron chi connectivity index (χ1n) is 4.08. The van der Waals surface area contributed by atoms with Gasteiger partial charge in [0.05, 0.1) is 5.02 Å². The zero-order chi connectivity index (χ0) is 10.8. The molecule has 0 aliphatic carbocycles. The van der Waals surface area contributed by atoms with E-state index in [2.05, 4.69) is 9.59 Å². The minimum Gasteiger partial charge on any atom is -0.442 e. The highest BCUT2D eigenvalue weighted by atomic mass is 35.5. The fourth-order valence-corrected chi connectivity index (χ4v) is 1.96. The second-order valence-electron chi connectivity index (χ2n) is 2.82. The van der Waals surface area contributed by atoms with Crippen molar-refractivity contribution in [3.63, 3.8) is 0 Å². The number of ether oxygens (including phenoxy) is 1. The van der Waals surface area contributed by atoms with Gasteiger partial charge in [0.25, 0.3) is 0 Å². The summed E-state index contributed by atoms with van der Waals surface area (Å²) in [5, 5.41) is 5.52. The van der Waals surface area contributed by atoms with E-state index in [4.69, 9.17) is 27.9 Å². The summed E-state index contributed by atoms with van der Waals surface area (Å²) in [5.74, 6) is 0.551. The number of rotatable bonds is 2. The molecule has 0 aliphatic heterocycles. The molecule has 0 radical (unpaired) electrons. The van der Waals surface area contributed by atoms with E-state index in [0.717, 1.165) is 5.69 Å². The van der Waals surface area contributed by atoms with E-state index in [1.807, 2.05) is 6.92 Å². The third kappa shape index (κ3) is 2.40. The van der Waals surface area contributed by atoms with Gasteiger partial charge in [-0.05, 0) is 25.1 Å². The molecule has 15 heavy (non-hydrogen) atoms. The quantitative estimate of drug-likeness (QED) is 0.821. The first-order chi connectivity index (χ1) is 7.16. The van der Waals surface area contributed by atoms with Gasteiger partial charge in [-0.2, -0.15) is 0 Å². The Hall–Kier alpha value is -0.840. The van der Waals surface area contributed by atoms with Gasteiger partial charge in [-0.1, -0.05) is 27.7 Å². The Balaban J connectivity index is 2.29. The van der Waals surface area contributed by atoms with E-state index in [-0.39, 0.29) is 0 Å². The van der Waals surface area contributed by atoms with Gasteiger partial charge >= 0.3 is 0 Å². The second-order valence-corrected chi connectivity index (χ2v) is 4.38. The van der Waals surface area contributed by atoms with Gasteiger partial charge in [-0.3, -0.25) is 0 Å². The van der Waals surface area contributed by atoms with E-state index in [9.17, 15) is 0 Å². The van der Waals surface area contributed by atoms with Crippen LogP contribution >= 0.6 is 34.7 Å². The standard InChI is InChI=1S/C9H6Cl2N2OS/c1-5-9(15-13-12-5)14-8-3-2-6(10)4-7(8)11/h2-4H,1H3. The Morgan fingerprint density at radius 2 is 2.13 bits per heavy atom. The molecule has 0 N–H and O–H groups in total. The van der Waals surface area contributed by atoms with Crippen molar-refractivity contribution in [3.05, 3.63) is 33.9 Å². The lowest BCUT2D eigenvalue weighted by molar-refractivity contribution is 0.491. The number of nitrogens with zero attached hydrogens (tertiary/aromatic N) is 2. The van der Waals surface area contributed by atoms with Gasteiger partial charge in [-0.25, -0.2) is 0 Å². The van der Waals surface area contributed by atoms with E-state index in [1.54, 1.807) is 18.2 Å². The van der Waals surface area contributed by atoms with Crippen molar-refractivity contribution in [1.82, 2.24) is 9.59 Å². The van der Waals surface area contributed by atoms with Crippen LogP contribution in [0, 0.1) is 6.92 Å². The molecule has 0 unspecified atom stereocenters. The van der Waals surface area contributed by atoms with Crippen LogP contribution in [-0.4, -0.2) is 9.59 Å². The maximum absolute atomic E-state index is 5.95. The maximum Gasteiger partial charge on any atom is 0.223 e. The normalized spacial score (nSPS) is 10.3. The van der Waals surface area contributed by atoms with E-state index in [1.165, 1.54) is 11.5 Å². The minimum absolute atomic E-state index is 0.468. The van der Waals surface area contributed by atoms with Crippen molar-refractivity contribution < 1.29 is 4.74 Å². The van der Waals surface area contributed by atoms with Crippen molar-refractivity contribution in [2.24, 2.45) is 0 Å². The average molecular weight is 261 g/mol. The molecule has 0 aliphatic rings. The van der Waals surface area contributed by atoms with E-state index in [0.29, 0.717) is 20.9 Å². The van der Waals surface area contributed by atoms with Crippen molar-refractivity contribution in [2.45, 2.75) is 6.92 Å². The van der Waals surface area contributed by atoms with Crippen molar-refractivity contribution in [2.75, 3.05) is 0 Å². The highest BCUT2D eigenvalue weighted by Gasteiger charge is 2.08. The molecule has 1 heterocycles. The smallest absolute Gasteiger partial charge is 0.223 e. The second kappa shape index (κ2) is 4.35. The van der Waals surface area contributed by atoms with Crippen molar-refractivity contribution in [1.29, 1.82) is 0 Å². The van der Waals surface area contributed by atoms with Crippen LogP contribution in [-0.2, 0) is 0 Å². The van der Waals surface area contributed by atoms with E-state index < -0.39 is 0 Å². The van der Waals surface area contributed by atoms with Crippen LogP contribution < -0.4 is 4.74 Å². The summed E-state index contributed by atoms with van der Waals surface area (Å²) in [6.45, 7) is 1.82. The summed E-state index contributed by atoms with van der Waals surface area (Å²) in [4.78, 5) is 0. The fourth-order valence-electron chi connectivity index (χ4n) is 0.976. The minimum atomic E-state index is 0.468. The Morgan fingerprint density at radius 1 is 1.33 bits per heavy atom. The topological polar surface area (TPSA) is 35.0 Å². The van der Waals surface area contributed by atoms with Gasteiger partial charge in [0.1, 0.15) is 11.4 Å². The zero-order valence-electron chi connectivity index (χ0n) is 7.70. The van der Waals surface area contributed by atoms with Gasteiger partial charge in [0.15, 0.2) is 0 Å². The average Bonchev–Trinajstić information content (AvgIpc) is 2.57. The van der Waals surface area contributed by atoms with Crippen LogP contribution in [0.3, 0.4) is 0 Å². The van der Waals surface area contributed by atoms with Gasteiger partial charge in [0, 0.05) is 16.6 Å². The molecular formula is C9H6Cl2N2OS. The van der Waals surface area contributed by atoms with Crippen molar-refractivity contribution in [3.8, 4) is 10.8 Å². The number of halogens is 2. The van der Waals surface area contributed by atoms with Crippen LogP contribution in [0.5, 0.6) is 10.8 Å². The molecule has 0 bridgehead atoms. The lowest BCUT2D eigenvalue weighted by Gasteiger charge is -2.04. The number of hydrogen-bond acceptors (Lipinski definition) is 4. The highest BCUT2D eigenvalue weighted by molar-refractivity contribution is 7.07. The number of hydrogen-bond donors (Lipinski definition) is 0. The molecule has 3 nitrogen and oxygen atoms in total. The Labute approximate surface area is 101 Å². The summed E-state index contributed by atoms with van der Waals surface area (Å²) in [5.41, 5.74) is 0.742. The van der Waals surface area contributed by atoms with Crippen LogP contribution in [0.4, 0.5) is 0 Å². The summed E-state index contributed by atoms with van der Waals surface area (Å²) in [7, 11) is 0. The Morgan fingerprint density at radius 3 is 2.73 bits per heavy atom. The molecule has 0 saturated heterocycles. The first-order valence-corrected chi connectivity index (χ1v) is 5.61. The molecule has 2 rings (SSSR count). The lowest BCUT2D eigenvalue weighted by Crippen LogP contribution is -1.84. The molecule has 0 saturated carbocycles. The van der Waals surface area contributed by atoms with Gasteiger partial charge in [0.2, 0.25) is 5.06 Å². The maximum atomic E-state index is 5.95. The molecule has 0 fully saturated rings. The lowest BCUT2D eigenvalue weighted by atomic mass is 10.3. The number of benzene rings is 1. The van der Waals surface area contributed by atoms with Crippen LogP contribution in [0.15, 0.2) is 18.2 Å². The van der Waals surface area contributed by atoms with Gasteiger partial charge in [-0.15, -0.1) is 5.10 Å². The van der Waals surface area contributed by atoms with E-state index >= 15 is 0 Å². The Bertz CT molecular complexity index is 487. The Kier molecular flexibility index (Phi) is 3.09. The van der Waals surface area contributed by atoms with Crippen LogP contribution in [0.2, 0.25) is 10.0 Å². The first kappa shape index (κ1) is 10.7. The molecule has 2 aromatic rings. The molecule has 1 aromatic carbocycles. The molecular weight excluding hydrogens is 255 g/mol.